The van der Waals surface area contributed by atoms with Gasteiger partial charge in [0.15, 0.2) is 0 Å². The van der Waals surface area contributed by atoms with Gasteiger partial charge in [0.2, 0.25) is 5.13 Å². The van der Waals surface area contributed by atoms with Crippen LogP contribution in [0.25, 0.3) is 0 Å². The average molecular weight is 284 g/mol. The SMILES string of the molecule is CCC(CC)c1nnc(NC(=O)C2CNCCO2)s1. The summed E-state index contributed by atoms with van der Waals surface area (Å²) >= 11 is 1.45. The number of ether oxygens (including phenoxy) is 1. The van der Waals surface area contributed by atoms with Crippen molar-refractivity contribution in [1.82, 2.24) is 15.5 Å². The van der Waals surface area contributed by atoms with Crippen LogP contribution in [0.15, 0.2) is 0 Å². The Bertz CT molecular complexity index is 414. The van der Waals surface area contributed by atoms with E-state index in [1.807, 2.05) is 0 Å². The van der Waals surface area contributed by atoms with Gasteiger partial charge in [0.25, 0.3) is 5.91 Å². The van der Waals surface area contributed by atoms with Crippen molar-refractivity contribution in [3.63, 3.8) is 0 Å². The van der Waals surface area contributed by atoms with E-state index < -0.39 is 6.10 Å². The molecule has 0 saturated carbocycles. The summed E-state index contributed by atoms with van der Waals surface area (Å²) in [5.74, 6) is 0.273. The Morgan fingerprint density at radius 3 is 2.95 bits per heavy atom. The van der Waals surface area contributed by atoms with Crippen LogP contribution < -0.4 is 10.6 Å². The van der Waals surface area contributed by atoms with Crippen molar-refractivity contribution in [2.45, 2.75) is 38.7 Å². The van der Waals surface area contributed by atoms with Crippen LogP contribution in [0, 0.1) is 0 Å². The molecule has 0 aliphatic carbocycles. The second-order valence-corrected chi connectivity index (χ2v) is 5.52. The molecule has 19 heavy (non-hydrogen) atoms. The third-order valence-electron chi connectivity index (χ3n) is 3.23. The Balaban J connectivity index is 1.93. The lowest BCUT2D eigenvalue weighted by atomic mass is 10.1. The summed E-state index contributed by atoms with van der Waals surface area (Å²) in [6, 6.07) is 0. The topological polar surface area (TPSA) is 76.1 Å². The number of carbonyl (C=O) groups excluding carboxylic acids is 1. The minimum atomic E-state index is -0.436. The van der Waals surface area contributed by atoms with E-state index in [0.717, 1.165) is 24.4 Å². The van der Waals surface area contributed by atoms with Gasteiger partial charge in [-0.25, -0.2) is 0 Å². The Morgan fingerprint density at radius 2 is 2.32 bits per heavy atom. The molecule has 0 aromatic carbocycles. The fraction of sp³-hybridized carbons (Fsp3) is 0.750. The van der Waals surface area contributed by atoms with Gasteiger partial charge < -0.3 is 10.1 Å². The van der Waals surface area contributed by atoms with Crippen molar-refractivity contribution in [2.75, 3.05) is 25.0 Å². The lowest BCUT2D eigenvalue weighted by Crippen LogP contribution is -2.45. The van der Waals surface area contributed by atoms with Crippen molar-refractivity contribution in [3.8, 4) is 0 Å². The van der Waals surface area contributed by atoms with E-state index in [1.54, 1.807) is 0 Å². The van der Waals surface area contributed by atoms with Crippen LogP contribution in [0.2, 0.25) is 0 Å². The van der Waals surface area contributed by atoms with E-state index in [-0.39, 0.29) is 5.91 Å². The van der Waals surface area contributed by atoms with E-state index in [1.165, 1.54) is 11.3 Å². The number of nitrogens with one attached hydrogen (secondary N) is 2. The monoisotopic (exact) mass is 284 g/mol. The van der Waals surface area contributed by atoms with Gasteiger partial charge in [-0.3, -0.25) is 10.1 Å². The molecule has 1 amide bonds. The highest BCUT2D eigenvalue weighted by atomic mass is 32.1. The summed E-state index contributed by atoms with van der Waals surface area (Å²) < 4.78 is 5.39. The van der Waals surface area contributed by atoms with Gasteiger partial charge in [-0.2, -0.15) is 0 Å². The number of morpholine rings is 1. The molecule has 106 valence electrons. The summed E-state index contributed by atoms with van der Waals surface area (Å²) in [5, 5.41) is 15.6. The van der Waals surface area contributed by atoms with Crippen LogP contribution in [0.5, 0.6) is 0 Å². The van der Waals surface area contributed by atoms with Crippen LogP contribution in [0.4, 0.5) is 5.13 Å². The highest BCUT2D eigenvalue weighted by Crippen LogP contribution is 2.28. The average Bonchev–Trinajstić information content (AvgIpc) is 2.89. The van der Waals surface area contributed by atoms with Crippen molar-refractivity contribution >= 4 is 22.4 Å². The van der Waals surface area contributed by atoms with Crippen LogP contribution in [-0.2, 0) is 9.53 Å². The summed E-state index contributed by atoms with van der Waals surface area (Å²) in [6.07, 6.45) is 1.64. The second kappa shape index (κ2) is 6.93. The maximum atomic E-state index is 11.9. The van der Waals surface area contributed by atoms with E-state index in [4.69, 9.17) is 4.74 Å². The number of carbonyl (C=O) groups is 1. The molecule has 1 aliphatic heterocycles. The molecule has 1 atom stereocenters. The van der Waals surface area contributed by atoms with E-state index in [2.05, 4.69) is 34.7 Å². The maximum Gasteiger partial charge on any atom is 0.256 e. The smallest absolute Gasteiger partial charge is 0.256 e. The standard InChI is InChI=1S/C12H20N4O2S/c1-3-8(4-2)11-15-16-12(19-11)14-10(17)9-7-13-5-6-18-9/h8-9,13H,3-7H2,1-2H3,(H,14,16,17). The summed E-state index contributed by atoms with van der Waals surface area (Å²) in [6.45, 7) is 6.17. The predicted molar refractivity (Wildman–Crippen MR) is 74.5 cm³/mol. The predicted octanol–water partition coefficient (Wildman–Crippen LogP) is 1.37. The first kappa shape index (κ1) is 14.4. The Hall–Kier alpha value is -1.05. The Kier molecular flexibility index (Phi) is 5.24. The normalized spacial score (nSPS) is 19.6. The van der Waals surface area contributed by atoms with Gasteiger partial charge in [0.05, 0.1) is 6.61 Å². The van der Waals surface area contributed by atoms with Crippen molar-refractivity contribution < 1.29 is 9.53 Å². The number of amides is 1. The third-order valence-corrected chi connectivity index (χ3v) is 4.23. The number of rotatable bonds is 5. The zero-order chi connectivity index (χ0) is 13.7. The molecule has 0 spiro atoms. The summed E-state index contributed by atoms with van der Waals surface area (Å²) in [4.78, 5) is 11.9. The fourth-order valence-corrected chi connectivity index (χ4v) is 3.02. The molecule has 1 saturated heterocycles. The number of aromatic nitrogens is 2. The lowest BCUT2D eigenvalue weighted by molar-refractivity contribution is -0.128. The molecule has 2 heterocycles. The van der Waals surface area contributed by atoms with Crippen molar-refractivity contribution in [2.24, 2.45) is 0 Å². The number of hydrogen-bond acceptors (Lipinski definition) is 6. The van der Waals surface area contributed by atoms with Gasteiger partial charge >= 0.3 is 0 Å². The molecule has 1 aromatic rings. The largest absolute Gasteiger partial charge is 0.366 e. The lowest BCUT2D eigenvalue weighted by Gasteiger charge is -2.21. The molecule has 1 aliphatic rings. The van der Waals surface area contributed by atoms with Crippen LogP contribution in [0.3, 0.4) is 0 Å². The zero-order valence-electron chi connectivity index (χ0n) is 11.3. The number of anilines is 1. The maximum absolute atomic E-state index is 11.9. The molecule has 1 fully saturated rings. The van der Waals surface area contributed by atoms with E-state index in [9.17, 15) is 4.79 Å². The van der Waals surface area contributed by atoms with E-state index in [0.29, 0.717) is 24.2 Å². The van der Waals surface area contributed by atoms with Crippen LogP contribution in [-0.4, -0.2) is 41.9 Å². The van der Waals surface area contributed by atoms with Gasteiger partial charge in [-0.05, 0) is 12.8 Å². The molecule has 0 radical (unpaired) electrons. The highest BCUT2D eigenvalue weighted by Gasteiger charge is 2.23. The van der Waals surface area contributed by atoms with Gasteiger partial charge in [-0.15, -0.1) is 10.2 Å². The Labute approximate surface area is 116 Å². The van der Waals surface area contributed by atoms with Gasteiger partial charge in [0.1, 0.15) is 11.1 Å². The van der Waals surface area contributed by atoms with Gasteiger partial charge in [0, 0.05) is 19.0 Å². The molecular formula is C12H20N4O2S. The molecule has 1 unspecified atom stereocenters. The summed E-state index contributed by atoms with van der Waals surface area (Å²) in [5.41, 5.74) is 0. The summed E-state index contributed by atoms with van der Waals surface area (Å²) in [7, 11) is 0. The first-order chi connectivity index (χ1) is 9.24. The fourth-order valence-electron chi connectivity index (χ4n) is 2.01. The number of nitrogens with zero attached hydrogens (tertiary/aromatic N) is 2. The molecular weight excluding hydrogens is 264 g/mol. The van der Waals surface area contributed by atoms with Gasteiger partial charge in [-0.1, -0.05) is 25.2 Å². The first-order valence-corrected chi connectivity index (χ1v) is 7.52. The number of hydrogen-bond donors (Lipinski definition) is 2. The minimum Gasteiger partial charge on any atom is -0.366 e. The third kappa shape index (κ3) is 3.71. The van der Waals surface area contributed by atoms with Crippen molar-refractivity contribution in [1.29, 1.82) is 0 Å². The molecule has 7 heteroatoms. The molecule has 0 bridgehead atoms. The Morgan fingerprint density at radius 1 is 1.53 bits per heavy atom. The molecule has 1 aromatic heterocycles. The van der Waals surface area contributed by atoms with E-state index >= 15 is 0 Å². The minimum absolute atomic E-state index is 0.153. The quantitative estimate of drug-likeness (QED) is 0.854. The van der Waals surface area contributed by atoms with Crippen LogP contribution in [0.1, 0.15) is 37.6 Å². The zero-order valence-corrected chi connectivity index (χ0v) is 12.1. The first-order valence-electron chi connectivity index (χ1n) is 6.71. The van der Waals surface area contributed by atoms with Crippen molar-refractivity contribution in [3.05, 3.63) is 5.01 Å². The second-order valence-electron chi connectivity index (χ2n) is 4.51. The highest BCUT2D eigenvalue weighted by molar-refractivity contribution is 7.15. The molecule has 2 N–H and O–H groups in total. The molecule has 6 nitrogen and oxygen atoms in total. The van der Waals surface area contributed by atoms with Crippen LogP contribution >= 0.6 is 11.3 Å². The molecule has 2 rings (SSSR count).